The van der Waals surface area contributed by atoms with Crippen molar-refractivity contribution in [1.29, 1.82) is 0 Å². The van der Waals surface area contributed by atoms with Crippen molar-refractivity contribution in [1.82, 2.24) is 10.3 Å². The predicted molar refractivity (Wildman–Crippen MR) is 88.7 cm³/mol. The summed E-state index contributed by atoms with van der Waals surface area (Å²) in [5, 5.41) is 4.49. The summed E-state index contributed by atoms with van der Waals surface area (Å²) in [4.78, 5) is 15.7. The van der Waals surface area contributed by atoms with Gasteiger partial charge in [0, 0.05) is 29.1 Å². The number of rotatable bonds is 3. The maximum absolute atomic E-state index is 12.1. The molecule has 3 heteroatoms. The number of carbonyl (C=O) groups excluding carboxylic acids is 1. The van der Waals surface area contributed by atoms with Gasteiger partial charge in [0.05, 0.1) is 0 Å². The van der Waals surface area contributed by atoms with E-state index in [-0.39, 0.29) is 11.8 Å². The van der Waals surface area contributed by atoms with E-state index in [2.05, 4.69) is 28.5 Å². The minimum atomic E-state index is 0.244. The van der Waals surface area contributed by atoms with Gasteiger partial charge in [-0.1, -0.05) is 18.9 Å². The molecule has 0 radical (unpaired) electrons. The molecule has 0 atom stereocenters. The van der Waals surface area contributed by atoms with Crippen LogP contribution >= 0.6 is 0 Å². The molecule has 0 aliphatic heterocycles. The van der Waals surface area contributed by atoms with E-state index >= 15 is 0 Å². The van der Waals surface area contributed by atoms with Gasteiger partial charge in [0.15, 0.2) is 0 Å². The van der Waals surface area contributed by atoms with E-state index in [1.807, 2.05) is 0 Å². The first-order valence-corrected chi connectivity index (χ1v) is 8.71. The lowest BCUT2D eigenvalue weighted by Crippen LogP contribution is -2.28. The maximum atomic E-state index is 12.1. The first-order chi connectivity index (χ1) is 10.8. The third kappa shape index (κ3) is 2.53. The largest absolute Gasteiger partial charge is 0.358 e. The van der Waals surface area contributed by atoms with E-state index in [9.17, 15) is 4.79 Å². The molecule has 1 aromatic heterocycles. The van der Waals surface area contributed by atoms with Crippen LogP contribution in [0.3, 0.4) is 0 Å². The van der Waals surface area contributed by atoms with Gasteiger partial charge in [-0.3, -0.25) is 4.79 Å². The minimum Gasteiger partial charge on any atom is -0.358 e. The van der Waals surface area contributed by atoms with E-state index in [1.54, 1.807) is 0 Å². The van der Waals surface area contributed by atoms with E-state index in [0.717, 1.165) is 12.8 Å². The van der Waals surface area contributed by atoms with Crippen LogP contribution in [0.4, 0.5) is 0 Å². The number of H-pyrrole nitrogens is 1. The minimum absolute atomic E-state index is 0.244. The number of aromatic nitrogens is 1. The maximum Gasteiger partial charge on any atom is 0.223 e. The van der Waals surface area contributed by atoms with Crippen molar-refractivity contribution in [2.24, 2.45) is 5.92 Å². The molecule has 3 nitrogen and oxygen atoms in total. The molecule has 4 rings (SSSR count). The fraction of sp³-hybridized carbons (Fsp3) is 0.526. The van der Waals surface area contributed by atoms with Crippen molar-refractivity contribution >= 4 is 16.8 Å². The van der Waals surface area contributed by atoms with Gasteiger partial charge in [0.2, 0.25) is 5.91 Å². The Morgan fingerprint density at radius 2 is 1.95 bits per heavy atom. The number of benzene rings is 1. The van der Waals surface area contributed by atoms with Crippen LogP contribution in [0.15, 0.2) is 18.2 Å². The molecule has 1 amide bonds. The van der Waals surface area contributed by atoms with Gasteiger partial charge in [0.1, 0.15) is 0 Å². The summed E-state index contributed by atoms with van der Waals surface area (Å²) in [6.45, 7) is 0.658. The fourth-order valence-electron chi connectivity index (χ4n) is 4.08. The molecule has 0 spiro atoms. The Balaban J connectivity index is 1.51. The summed E-state index contributed by atoms with van der Waals surface area (Å²) in [5.41, 5.74) is 5.39. The Morgan fingerprint density at radius 1 is 1.14 bits per heavy atom. The van der Waals surface area contributed by atoms with Crippen LogP contribution in [0, 0.1) is 5.92 Å². The summed E-state index contributed by atoms with van der Waals surface area (Å²) < 4.78 is 0. The first kappa shape index (κ1) is 13.9. The molecular formula is C19H24N2O. The molecule has 2 N–H and O–H groups in total. The zero-order valence-electron chi connectivity index (χ0n) is 13.1. The number of aromatic amines is 1. The van der Waals surface area contributed by atoms with Crippen molar-refractivity contribution in [3.63, 3.8) is 0 Å². The van der Waals surface area contributed by atoms with Gasteiger partial charge in [-0.05, 0) is 61.8 Å². The third-order valence-corrected chi connectivity index (χ3v) is 5.36. The van der Waals surface area contributed by atoms with Gasteiger partial charge >= 0.3 is 0 Å². The molecule has 1 heterocycles. The van der Waals surface area contributed by atoms with Gasteiger partial charge in [-0.15, -0.1) is 0 Å². The average Bonchev–Trinajstić information content (AvgIpc) is 3.20. The highest BCUT2D eigenvalue weighted by molar-refractivity contribution is 5.86. The SMILES string of the molecule is O=C(NCc1ccc2[nH]c3c(c2c1)CCCC3)C1CCCC1. The van der Waals surface area contributed by atoms with Gasteiger partial charge < -0.3 is 10.3 Å². The molecule has 0 saturated heterocycles. The van der Waals surface area contributed by atoms with Crippen LogP contribution in [-0.4, -0.2) is 10.9 Å². The molecule has 22 heavy (non-hydrogen) atoms. The number of carbonyl (C=O) groups is 1. The summed E-state index contributed by atoms with van der Waals surface area (Å²) >= 11 is 0. The number of fused-ring (bicyclic) bond motifs is 3. The number of aryl methyl sites for hydroxylation is 2. The predicted octanol–water partition coefficient (Wildman–Crippen LogP) is 3.85. The van der Waals surface area contributed by atoms with E-state index in [0.29, 0.717) is 6.54 Å². The molecule has 1 saturated carbocycles. The fourth-order valence-corrected chi connectivity index (χ4v) is 4.08. The molecule has 116 valence electrons. The average molecular weight is 296 g/mol. The molecule has 2 aliphatic carbocycles. The van der Waals surface area contributed by atoms with Crippen LogP contribution in [-0.2, 0) is 24.2 Å². The lowest BCUT2D eigenvalue weighted by atomic mass is 9.95. The standard InChI is InChI=1S/C19H24N2O/c22-19(14-5-1-2-6-14)20-12-13-9-10-18-16(11-13)15-7-3-4-8-17(15)21-18/h9-11,14,21H,1-8,12H2,(H,20,22). The molecule has 2 aromatic rings. The van der Waals surface area contributed by atoms with Gasteiger partial charge in [-0.2, -0.15) is 0 Å². The second-order valence-electron chi connectivity index (χ2n) is 6.87. The molecule has 1 aromatic carbocycles. The summed E-state index contributed by atoms with van der Waals surface area (Å²) in [5.74, 6) is 0.498. The number of hydrogen-bond acceptors (Lipinski definition) is 1. The van der Waals surface area contributed by atoms with E-state index < -0.39 is 0 Å². The number of hydrogen-bond donors (Lipinski definition) is 2. The zero-order chi connectivity index (χ0) is 14.9. The number of nitrogens with one attached hydrogen (secondary N) is 2. The lowest BCUT2D eigenvalue weighted by molar-refractivity contribution is -0.124. The third-order valence-electron chi connectivity index (χ3n) is 5.36. The molecule has 1 fully saturated rings. The Bertz CT molecular complexity index is 695. The Hall–Kier alpha value is -1.77. The van der Waals surface area contributed by atoms with Crippen LogP contribution in [0.1, 0.15) is 55.3 Å². The Labute approximate surface area is 131 Å². The Morgan fingerprint density at radius 3 is 2.82 bits per heavy atom. The summed E-state index contributed by atoms with van der Waals surface area (Å²) in [6.07, 6.45) is 9.50. The molecule has 2 aliphatic rings. The number of amides is 1. The molecule has 0 unspecified atom stereocenters. The van der Waals surface area contributed by atoms with Crippen molar-refractivity contribution in [2.75, 3.05) is 0 Å². The zero-order valence-corrected chi connectivity index (χ0v) is 13.1. The second-order valence-corrected chi connectivity index (χ2v) is 6.87. The quantitative estimate of drug-likeness (QED) is 0.887. The summed E-state index contributed by atoms with van der Waals surface area (Å²) in [6, 6.07) is 6.58. The van der Waals surface area contributed by atoms with Gasteiger partial charge in [0.25, 0.3) is 0 Å². The van der Waals surface area contributed by atoms with Crippen LogP contribution in [0.5, 0.6) is 0 Å². The first-order valence-electron chi connectivity index (χ1n) is 8.71. The highest BCUT2D eigenvalue weighted by Crippen LogP contribution is 2.30. The van der Waals surface area contributed by atoms with Crippen molar-refractivity contribution < 1.29 is 4.79 Å². The highest BCUT2D eigenvalue weighted by Gasteiger charge is 2.22. The van der Waals surface area contributed by atoms with Crippen molar-refractivity contribution in [3.8, 4) is 0 Å². The normalized spacial score (nSPS) is 18.5. The molecular weight excluding hydrogens is 272 g/mol. The van der Waals surface area contributed by atoms with Crippen LogP contribution in [0.2, 0.25) is 0 Å². The Kier molecular flexibility index (Phi) is 3.65. The van der Waals surface area contributed by atoms with E-state index in [4.69, 9.17) is 0 Å². The summed E-state index contributed by atoms with van der Waals surface area (Å²) in [7, 11) is 0. The van der Waals surface area contributed by atoms with E-state index in [1.165, 1.54) is 66.2 Å². The molecule has 0 bridgehead atoms. The topological polar surface area (TPSA) is 44.9 Å². The smallest absolute Gasteiger partial charge is 0.223 e. The van der Waals surface area contributed by atoms with Gasteiger partial charge in [-0.25, -0.2) is 0 Å². The van der Waals surface area contributed by atoms with Crippen LogP contribution in [0.25, 0.3) is 10.9 Å². The lowest BCUT2D eigenvalue weighted by Gasteiger charge is -2.12. The highest BCUT2D eigenvalue weighted by atomic mass is 16.1. The van der Waals surface area contributed by atoms with Crippen molar-refractivity contribution in [2.45, 2.75) is 57.9 Å². The monoisotopic (exact) mass is 296 g/mol. The van der Waals surface area contributed by atoms with Crippen molar-refractivity contribution in [3.05, 3.63) is 35.0 Å². The second kappa shape index (κ2) is 5.79. The van der Waals surface area contributed by atoms with Crippen LogP contribution < -0.4 is 5.32 Å².